The summed E-state index contributed by atoms with van der Waals surface area (Å²) in [4.78, 5) is 19.0. The molecule has 0 saturated carbocycles. The maximum Gasteiger partial charge on any atom is 0.274 e. The first kappa shape index (κ1) is 17.6. The maximum atomic E-state index is 12.7. The van der Waals surface area contributed by atoms with Crippen LogP contribution in [0.25, 0.3) is 0 Å². The number of piperidine rings is 1. The number of hydrogen-bond donors (Lipinski definition) is 0. The van der Waals surface area contributed by atoms with E-state index in [0.717, 1.165) is 43.5 Å². The Balaban J connectivity index is 1.35. The van der Waals surface area contributed by atoms with E-state index in [0.29, 0.717) is 18.8 Å². The first-order valence-corrected chi connectivity index (χ1v) is 9.64. The van der Waals surface area contributed by atoms with Crippen molar-refractivity contribution in [2.24, 2.45) is 0 Å². The topological polar surface area (TPSA) is 78.4 Å². The van der Waals surface area contributed by atoms with Gasteiger partial charge in [-0.25, -0.2) is 0 Å². The van der Waals surface area contributed by atoms with Gasteiger partial charge < -0.3 is 14.7 Å². The molecular weight excluding hydrogens is 342 g/mol. The van der Waals surface area contributed by atoms with Gasteiger partial charge in [-0.2, -0.15) is 5.10 Å². The van der Waals surface area contributed by atoms with Crippen LogP contribution in [0.1, 0.15) is 35.4 Å². The molecule has 0 bridgehead atoms. The van der Waals surface area contributed by atoms with Crippen LogP contribution in [0.3, 0.4) is 0 Å². The number of amides is 1. The van der Waals surface area contributed by atoms with Gasteiger partial charge in [0.1, 0.15) is 0 Å². The second-order valence-corrected chi connectivity index (χ2v) is 7.14. The van der Waals surface area contributed by atoms with E-state index in [9.17, 15) is 4.79 Å². The van der Waals surface area contributed by atoms with Gasteiger partial charge >= 0.3 is 0 Å². The quantitative estimate of drug-likeness (QED) is 0.814. The third-order valence-corrected chi connectivity index (χ3v) is 5.22. The molecule has 0 unspecified atom stereocenters. The zero-order valence-corrected chi connectivity index (χ0v) is 15.7. The van der Waals surface area contributed by atoms with Crippen LogP contribution < -0.4 is 9.80 Å². The molecule has 27 heavy (non-hydrogen) atoms. The van der Waals surface area contributed by atoms with E-state index in [4.69, 9.17) is 0 Å². The number of hydrogen-bond acceptors (Lipinski definition) is 7. The van der Waals surface area contributed by atoms with Gasteiger partial charge in [0.2, 0.25) is 0 Å². The molecule has 8 nitrogen and oxygen atoms in total. The second kappa shape index (κ2) is 7.85. The first-order valence-electron chi connectivity index (χ1n) is 9.64. The Morgan fingerprint density at radius 3 is 1.96 bits per heavy atom. The Hall–Kier alpha value is -2.77. The third-order valence-electron chi connectivity index (χ3n) is 5.22. The molecule has 0 aromatic carbocycles. The Morgan fingerprint density at radius 2 is 1.37 bits per heavy atom. The number of rotatable bonds is 3. The summed E-state index contributed by atoms with van der Waals surface area (Å²) in [6.07, 6.45) is 3.66. The van der Waals surface area contributed by atoms with Crippen LogP contribution in [-0.4, -0.2) is 70.5 Å². The molecule has 2 saturated heterocycles. The van der Waals surface area contributed by atoms with Gasteiger partial charge in [0.05, 0.1) is 5.69 Å². The molecule has 0 spiro atoms. The van der Waals surface area contributed by atoms with E-state index in [1.54, 1.807) is 6.07 Å². The SMILES string of the molecule is Cc1ccc(N2CCN(C(=O)c3ccc(N4CCCCC4)nn3)CC2)nn1. The monoisotopic (exact) mass is 367 g/mol. The number of carbonyl (C=O) groups is 1. The number of nitrogens with zero attached hydrogens (tertiary/aromatic N) is 7. The summed E-state index contributed by atoms with van der Waals surface area (Å²) in [5.74, 6) is 1.68. The zero-order chi connectivity index (χ0) is 18.6. The van der Waals surface area contributed by atoms with Crippen LogP contribution in [0.2, 0.25) is 0 Å². The Morgan fingerprint density at radius 1 is 0.741 bits per heavy atom. The fourth-order valence-electron chi connectivity index (χ4n) is 3.59. The molecule has 2 aliphatic rings. The molecular formula is C19H25N7O. The molecule has 142 valence electrons. The number of aryl methyl sites for hydroxylation is 1. The van der Waals surface area contributed by atoms with Gasteiger partial charge in [-0.1, -0.05) is 0 Å². The van der Waals surface area contributed by atoms with Gasteiger partial charge in [-0.05, 0) is 50.5 Å². The maximum absolute atomic E-state index is 12.7. The standard InChI is InChI=1S/C19H25N7O/c1-15-5-7-17(22-20-15)25-11-13-26(14-12-25)19(27)16-6-8-18(23-21-16)24-9-3-2-4-10-24/h5-8H,2-4,9-14H2,1H3. The molecule has 0 atom stereocenters. The van der Waals surface area contributed by atoms with Crippen LogP contribution in [0.4, 0.5) is 11.6 Å². The molecule has 8 heteroatoms. The lowest BCUT2D eigenvalue weighted by molar-refractivity contribution is 0.0739. The van der Waals surface area contributed by atoms with Gasteiger partial charge in [-0.3, -0.25) is 4.79 Å². The largest absolute Gasteiger partial charge is 0.355 e. The minimum Gasteiger partial charge on any atom is -0.355 e. The van der Waals surface area contributed by atoms with Gasteiger partial charge in [-0.15, -0.1) is 15.3 Å². The van der Waals surface area contributed by atoms with Crippen LogP contribution in [-0.2, 0) is 0 Å². The molecule has 0 radical (unpaired) electrons. The molecule has 0 aliphatic carbocycles. The highest BCUT2D eigenvalue weighted by Gasteiger charge is 2.24. The lowest BCUT2D eigenvalue weighted by Crippen LogP contribution is -2.49. The zero-order valence-electron chi connectivity index (χ0n) is 15.7. The van der Waals surface area contributed by atoms with Crippen LogP contribution in [0.5, 0.6) is 0 Å². The molecule has 2 aliphatic heterocycles. The van der Waals surface area contributed by atoms with Crippen LogP contribution in [0.15, 0.2) is 24.3 Å². The average Bonchev–Trinajstić information content (AvgIpc) is 2.75. The fraction of sp³-hybridized carbons (Fsp3) is 0.526. The lowest BCUT2D eigenvalue weighted by atomic mass is 10.1. The number of piperazine rings is 1. The summed E-state index contributed by atoms with van der Waals surface area (Å²) in [6.45, 7) is 6.72. The van der Waals surface area contributed by atoms with Crippen molar-refractivity contribution in [2.75, 3.05) is 49.1 Å². The molecule has 1 amide bonds. The molecule has 2 aromatic heterocycles. The summed E-state index contributed by atoms with van der Waals surface area (Å²) < 4.78 is 0. The Kier molecular flexibility index (Phi) is 5.13. The summed E-state index contributed by atoms with van der Waals surface area (Å²) >= 11 is 0. The van der Waals surface area contributed by atoms with Gasteiger partial charge in [0.15, 0.2) is 17.3 Å². The molecule has 2 fully saturated rings. The summed E-state index contributed by atoms with van der Waals surface area (Å²) in [7, 11) is 0. The molecule has 2 aromatic rings. The van der Waals surface area contributed by atoms with Crippen molar-refractivity contribution in [1.29, 1.82) is 0 Å². The van der Waals surface area contributed by atoms with E-state index in [2.05, 4.69) is 30.2 Å². The van der Waals surface area contributed by atoms with Gasteiger partial charge in [0, 0.05) is 39.3 Å². The highest BCUT2D eigenvalue weighted by Crippen LogP contribution is 2.18. The second-order valence-electron chi connectivity index (χ2n) is 7.14. The van der Waals surface area contributed by atoms with E-state index in [1.807, 2.05) is 30.0 Å². The predicted molar refractivity (Wildman–Crippen MR) is 103 cm³/mol. The van der Waals surface area contributed by atoms with Crippen LogP contribution >= 0.6 is 0 Å². The predicted octanol–water partition coefficient (Wildman–Crippen LogP) is 1.53. The van der Waals surface area contributed by atoms with Crippen molar-refractivity contribution in [2.45, 2.75) is 26.2 Å². The van der Waals surface area contributed by atoms with Crippen molar-refractivity contribution in [3.63, 3.8) is 0 Å². The van der Waals surface area contributed by atoms with Crippen molar-refractivity contribution in [3.05, 3.63) is 35.7 Å². The van der Waals surface area contributed by atoms with E-state index in [-0.39, 0.29) is 5.91 Å². The third kappa shape index (κ3) is 3.99. The van der Waals surface area contributed by atoms with Gasteiger partial charge in [0.25, 0.3) is 5.91 Å². The van der Waals surface area contributed by atoms with Crippen molar-refractivity contribution < 1.29 is 4.79 Å². The van der Waals surface area contributed by atoms with E-state index < -0.39 is 0 Å². The average molecular weight is 367 g/mol. The first-order chi connectivity index (χ1) is 13.2. The molecule has 0 N–H and O–H groups in total. The van der Waals surface area contributed by atoms with Crippen LogP contribution in [0, 0.1) is 6.92 Å². The highest BCUT2D eigenvalue weighted by molar-refractivity contribution is 5.92. The van der Waals surface area contributed by atoms with Crippen molar-refractivity contribution in [3.8, 4) is 0 Å². The van der Waals surface area contributed by atoms with E-state index >= 15 is 0 Å². The minimum absolute atomic E-state index is 0.0534. The smallest absolute Gasteiger partial charge is 0.274 e. The van der Waals surface area contributed by atoms with Crippen molar-refractivity contribution in [1.82, 2.24) is 25.3 Å². The minimum atomic E-state index is -0.0534. The summed E-state index contributed by atoms with van der Waals surface area (Å²) in [5, 5.41) is 16.8. The summed E-state index contributed by atoms with van der Waals surface area (Å²) in [6, 6.07) is 7.66. The summed E-state index contributed by atoms with van der Waals surface area (Å²) in [5.41, 5.74) is 1.32. The molecule has 4 rings (SSSR count). The fourth-order valence-corrected chi connectivity index (χ4v) is 3.59. The normalized spacial score (nSPS) is 17.9. The number of aromatic nitrogens is 4. The molecule has 4 heterocycles. The number of anilines is 2. The lowest BCUT2D eigenvalue weighted by Gasteiger charge is -2.35. The van der Waals surface area contributed by atoms with E-state index in [1.165, 1.54) is 19.3 Å². The highest BCUT2D eigenvalue weighted by atomic mass is 16.2. The van der Waals surface area contributed by atoms with Crippen molar-refractivity contribution >= 4 is 17.5 Å². The number of carbonyl (C=O) groups excluding carboxylic acids is 1. The Bertz CT molecular complexity index is 764. The Labute approximate surface area is 159 Å².